The zero-order valence-corrected chi connectivity index (χ0v) is 14.6. The van der Waals surface area contributed by atoms with Gasteiger partial charge in [-0.1, -0.05) is 20.8 Å². The normalized spacial score (nSPS) is 29.6. The van der Waals surface area contributed by atoms with Gasteiger partial charge in [0.2, 0.25) is 0 Å². The topological polar surface area (TPSA) is 44.8 Å². The maximum Gasteiger partial charge on any atom is 0.192 e. The third kappa shape index (κ3) is 2.64. The van der Waals surface area contributed by atoms with Crippen molar-refractivity contribution in [3.05, 3.63) is 11.6 Å². The van der Waals surface area contributed by atoms with Crippen molar-refractivity contribution in [3.8, 4) is 0 Å². The molecule has 0 N–H and O–H groups in total. The minimum Gasteiger partial charge on any atom is -0.413 e. The van der Waals surface area contributed by atoms with Crippen LogP contribution in [0, 0.1) is 5.92 Å². The van der Waals surface area contributed by atoms with Crippen LogP contribution in [-0.2, 0) is 19.0 Å². The van der Waals surface area contributed by atoms with Crippen LogP contribution in [0.2, 0.25) is 18.1 Å². The molecule has 5 heteroatoms. The summed E-state index contributed by atoms with van der Waals surface area (Å²) in [7, 11) is -1.82. The van der Waals surface area contributed by atoms with Gasteiger partial charge in [-0.3, -0.25) is 4.79 Å². The summed E-state index contributed by atoms with van der Waals surface area (Å²) < 4.78 is 6.19. The molecule has 0 radical (unpaired) electrons. The monoisotopic (exact) mass is 298 g/mol. The van der Waals surface area contributed by atoms with Crippen LogP contribution in [0.25, 0.3) is 0 Å². The number of rotatable bonds is 3. The second kappa shape index (κ2) is 4.76. The highest BCUT2D eigenvalue weighted by Gasteiger charge is 2.54. The highest BCUT2D eigenvalue weighted by molar-refractivity contribution is 6.74. The molecule has 2 atom stereocenters. The highest BCUT2D eigenvalue weighted by Crippen LogP contribution is 2.43. The lowest BCUT2D eigenvalue weighted by atomic mass is 9.86. The van der Waals surface area contributed by atoms with Crippen LogP contribution in [0.1, 0.15) is 34.6 Å². The van der Waals surface area contributed by atoms with Gasteiger partial charge in [0.1, 0.15) is 11.7 Å². The van der Waals surface area contributed by atoms with Gasteiger partial charge in [-0.25, -0.2) is 9.78 Å². The Balaban J connectivity index is 2.06. The van der Waals surface area contributed by atoms with E-state index in [1.165, 1.54) is 0 Å². The van der Waals surface area contributed by atoms with Crippen LogP contribution < -0.4 is 0 Å². The van der Waals surface area contributed by atoms with Crippen LogP contribution in [-0.4, -0.2) is 32.4 Å². The van der Waals surface area contributed by atoms with E-state index < -0.39 is 13.9 Å². The largest absolute Gasteiger partial charge is 0.413 e. The molecule has 1 heterocycles. The highest BCUT2D eigenvalue weighted by atomic mass is 28.4. The summed E-state index contributed by atoms with van der Waals surface area (Å²) in [5.41, 5.74) is 0.354. The molecule has 1 aliphatic carbocycles. The number of ketones is 1. The number of carbonyl (C=O) groups is 1. The Morgan fingerprint density at radius 2 is 1.95 bits per heavy atom. The molecule has 0 unspecified atom stereocenters. The van der Waals surface area contributed by atoms with Crippen molar-refractivity contribution in [1.82, 2.24) is 0 Å². The molecule has 0 amide bonds. The van der Waals surface area contributed by atoms with E-state index in [1.54, 1.807) is 6.08 Å². The first-order valence-corrected chi connectivity index (χ1v) is 10.1. The van der Waals surface area contributed by atoms with Gasteiger partial charge in [0.25, 0.3) is 0 Å². The number of hydrogen-bond donors (Lipinski definition) is 0. The predicted octanol–water partition coefficient (Wildman–Crippen LogP) is 3.24. The first-order chi connectivity index (χ1) is 8.96. The fourth-order valence-corrected chi connectivity index (χ4v) is 3.33. The molecule has 114 valence electrons. The average Bonchev–Trinajstić information content (AvgIpc) is 2.75. The van der Waals surface area contributed by atoms with E-state index in [4.69, 9.17) is 14.2 Å². The molecular weight excluding hydrogens is 272 g/mol. The molecule has 0 aromatic rings. The predicted molar refractivity (Wildman–Crippen MR) is 79.8 cm³/mol. The summed E-state index contributed by atoms with van der Waals surface area (Å²) in [4.78, 5) is 22.8. The SMILES string of the molecule is CC1(C)OO[C@H]2C(CO[Si](C)(C)C(C)(C)C)=CC(=O)[C@@H]21. The Morgan fingerprint density at radius 3 is 2.50 bits per heavy atom. The van der Waals surface area contributed by atoms with Crippen LogP contribution >= 0.6 is 0 Å². The van der Waals surface area contributed by atoms with E-state index in [2.05, 4.69) is 33.9 Å². The van der Waals surface area contributed by atoms with Crippen LogP contribution in [0.5, 0.6) is 0 Å². The molecule has 0 aromatic heterocycles. The second-order valence-corrected chi connectivity index (χ2v) is 12.7. The Labute approximate surface area is 122 Å². The molecule has 2 aliphatic rings. The Kier molecular flexibility index (Phi) is 3.78. The van der Waals surface area contributed by atoms with Gasteiger partial charge in [-0.05, 0) is 43.6 Å². The number of hydrogen-bond acceptors (Lipinski definition) is 4. The van der Waals surface area contributed by atoms with E-state index in [9.17, 15) is 4.79 Å². The van der Waals surface area contributed by atoms with Crippen LogP contribution in [0.15, 0.2) is 11.6 Å². The lowest BCUT2D eigenvalue weighted by Crippen LogP contribution is -2.42. The van der Waals surface area contributed by atoms with Gasteiger partial charge in [0.05, 0.1) is 12.5 Å². The summed E-state index contributed by atoms with van der Waals surface area (Å²) in [6.07, 6.45) is 1.41. The minimum atomic E-state index is -1.82. The number of allylic oxidation sites excluding steroid dienone is 1. The van der Waals surface area contributed by atoms with Crippen molar-refractivity contribution >= 4 is 14.1 Å². The van der Waals surface area contributed by atoms with Gasteiger partial charge >= 0.3 is 0 Å². The smallest absolute Gasteiger partial charge is 0.192 e. The summed E-state index contributed by atoms with van der Waals surface area (Å²) >= 11 is 0. The molecule has 0 spiro atoms. The Hall–Kier alpha value is -0.493. The van der Waals surface area contributed by atoms with Gasteiger partial charge in [0.15, 0.2) is 14.1 Å². The summed E-state index contributed by atoms with van der Waals surface area (Å²) in [6.45, 7) is 15.3. The zero-order chi connectivity index (χ0) is 15.3. The molecule has 20 heavy (non-hydrogen) atoms. The fraction of sp³-hybridized carbons (Fsp3) is 0.800. The summed E-state index contributed by atoms with van der Waals surface area (Å²) in [6, 6.07) is 0. The van der Waals surface area contributed by atoms with Crippen molar-refractivity contribution in [2.45, 2.75) is 64.5 Å². The molecule has 0 saturated carbocycles. The number of carbonyl (C=O) groups excluding carboxylic acids is 1. The van der Waals surface area contributed by atoms with E-state index in [-0.39, 0.29) is 22.8 Å². The third-order valence-electron chi connectivity index (χ3n) is 4.82. The molecular formula is C15H26O4Si. The first kappa shape index (κ1) is 15.9. The van der Waals surface area contributed by atoms with E-state index in [1.807, 2.05) is 13.8 Å². The number of fused-ring (bicyclic) bond motifs is 1. The Bertz CT molecular complexity index is 445. The van der Waals surface area contributed by atoms with Crippen molar-refractivity contribution in [2.75, 3.05) is 6.61 Å². The zero-order valence-electron chi connectivity index (χ0n) is 13.6. The minimum absolute atomic E-state index is 0.0892. The van der Waals surface area contributed by atoms with Crippen molar-refractivity contribution in [3.63, 3.8) is 0 Å². The maximum absolute atomic E-state index is 12.1. The van der Waals surface area contributed by atoms with Crippen molar-refractivity contribution in [1.29, 1.82) is 0 Å². The molecule has 2 rings (SSSR count). The summed E-state index contributed by atoms with van der Waals surface area (Å²) in [5.74, 6) is -0.146. The van der Waals surface area contributed by atoms with E-state index in [0.717, 1.165) is 5.57 Å². The van der Waals surface area contributed by atoms with Gasteiger partial charge in [-0.2, -0.15) is 0 Å². The molecule has 1 fully saturated rings. The molecule has 1 saturated heterocycles. The van der Waals surface area contributed by atoms with Crippen molar-refractivity contribution < 1.29 is 19.0 Å². The standard InChI is InChI=1S/C15H26O4Si/c1-14(2,3)20(6,7)17-9-10-8-11(16)12-13(10)18-19-15(12,4)5/h8,12-13H,9H2,1-7H3/t12-,13-/m0/s1. The maximum atomic E-state index is 12.1. The van der Waals surface area contributed by atoms with Crippen LogP contribution in [0.3, 0.4) is 0 Å². The molecule has 1 aliphatic heterocycles. The lowest BCUT2D eigenvalue weighted by Gasteiger charge is -2.36. The van der Waals surface area contributed by atoms with Gasteiger partial charge in [-0.15, -0.1) is 0 Å². The van der Waals surface area contributed by atoms with E-state index >= 15 is 0 Å². The lowest BCUT2D eigenvalue weighted by molar-refractivity contribution is -0.314. The first-order valence-electron chi connectivity index (χ1n) is 7.18. The molecule has 4 nitrogen and oxygen atoms in total. The van der Waals surface area contributed by atoms with Crippen LogP contribution in [0.4, 0.5) is 0 Å². The summed E-state index contributed by atoms with van der Waals surface area (Å²) in [5, 5.41) is 0.155. The Morgan fingerprint density at radius 1 is 1.35 bits per heavy atom. The quantitative estimate of drug-likeness (QED) is 0.592. The molecule has 0 aromatic carbocycles. The average molecular weight is 298 g/mol. The van der Waals surface area contributed by atoms with Gasteiger partial charge < -0.3 is 4.43 Å². The van der Waals surface area contributed by atoms with Gasteiger partial charge in [0, 0.05) is 0 Å². The molecule has 0 bridgehead atoms. The van der Waals surface area contributed by atoms with Crippen molar-refractivity contribution in [2.24, 2.45) is 5.92 Å². The van der Waals surface area contributed by atoms with E-state index in [0.29, 0.717) is 6.61 Å². The third-order valence-corrected chi connectivity index (χ3v) is 9.30. The second-order valence-electron chi connectivity index (χ2n) is 7.85. The fourth-order valence-electron chi connectivity index (χ4n) is 2.37.